The molecule has 16 nitrogen and oxygen atoms in total. The Hall–Kier alpha value is -4.05. The van der Waals surface area contributed by atoms with Crippen molar-refractivity contribution in [3.05, 3.63) is 18.2 Å². The van der Waals surface area contributed by atoms with Gasteiger partial charge < -0.3 is 47.7 Å². The number of nitrogens with zero attached hydrogens (tertiary/aromatic N) is 1. The summed E-state index contributed by atoms with van der Waals surface area (Å²) in [5.74, 6) is -6.29. The Bertz CT molecular complexity index is 936. The lowest BCUT2D eigenvalue weighted by molar-refractivity contribution is -0.143. The number of aliphatic hydroxyl groups is 1. The molecule has 0 radical (unpaired) electrons. The Morgan fingerprint density at radius 3 is 2.11 bits per heavy atom. The van der Waals surface area contributed by atoms with E-state index in [4.69, 9.17) is 16.6 Å². The topological polar surface area (TPSA) is 280 Å². The van der Waals surface area contributed by atoms with Gasteiger partial charge in [0, 0.05) is 31.2 Å². The number of hydrogen-bond donors (Lipinski definition) is 9. The molecule has 1 aromatic rings. The summed E-state index contributed by atoms with van der Waals surface area (Å²) in [4.78, 5) is 77.8. The van der Waals surface area contributed by atoms with Crippen molar-refractivity contribution in [3.63, 3.8) is 0 Å². The quantitative estimate of drug-likeness (QED) is 0.104. The van der Waals surface area contributed by atoms with E-state index in [9.17, 15) is 39.0 Å². The molecule has 0 aliphatic heterocycles. The first-order valence-corrected chi connectivity index (χ1v) is 10.9. The molecule has 1 rings (SSSR count). The first-order valence-electron chi connectivity index (χ1n) is 10.9. The average Bonchev–Trinajstić information content (AvgIpc) is 3.30. The summed E-state index contributed by atoms with van der Waals surface area (Å²) >= 11 is 0. The van der Waals surface area contributed by atoms with Crippen LogP contribution < -0.4 is 27.4 Å². The molecule has 200 valence electrons. The van der Waals surface area contributed by atoms with Crippen LogP contribution in [0.25, 0.3) is 0 Å². The summed E-state index contributed by atoms with van der Waals surface area (Å²) in [5.41, 5.74) is 11.1. The standard InChI is InChI=1S/C20H31N7O9/c1-9(28)16(27-17(32)11(21)2-4-14(22)29)19(34)25-12(3-5-15(30)31)18(33)26-13(20(35)36)6-10-7-23-8-24-10/h7-9,11-13,16,28H,2-6,21H2,1H3,(H2,22,29)(H,23,24)(H,25,34)(H,26,33)(H,27,32)(H,30,31)(H,35,36). The maximum Gasteiger partial charge on any atom is 0.326 e. The predicted octanol–water partition coefficient (Wildman–Crippen LogP) is -3.67. The number of amides is 4. The lowest BCUT2D eigenvalue weighted by atomic mass is 10.1. The molecule has 5 unspecified atom stereocenters. The third-order valence-electron chi connectivity index (χ3n) is 4.97. The highest BCUT2D eigenvalue weighted by Gasteiger charge is 2.32. The number of H-pyrrole nitrogens is 1. The molecule has 0 bridgehead atoms. The van der Waals surface area contributed by atoms with Gasteiger partial charge in [-0.25, -0.2) is 9.78 Å². The number of nitrogens with one attached hydrogen (secondary N) is 4. The van der Waals surface area contributed by atoms with Crippen LogP contribution in [-0.2, 0) is 35.2 Å². The number of primary amides is 1. The Morgan fingerprint density at radius 2 is 1.61 bits per heavy atom. The van der Waals surface area contributed by atoms with Gasteiger partial charge in [0.1, 0.15) is 18.1 Å². The van der Waals surface area contributed by atoms with E-state index in [1.807, 2.05) is 0 Å². The molecule has 4 amide bonds. The zero-order valence-corrected chi connectivity index (χ0v) is 19.5. The van der Waals surface area contributed by atoms with Crippen LogP contribution in [0.2, 0.25) is 0 Å². The van der Waals surface area contributed by atoms with Crippen molar-refractivity contribution in [2.45, 2.75) is 69.3 Å². The second kappa shape index (κ2) is 14.4. The minimum Gasteiger partial charge on any atom is -0.481 e. The van der Waals surface area contributed by atoms with E-state index < -0.39 is 78.7 Å². The highest BCUT2D eigenvalue weighted by molar-refractivity contribution is 5.94. The van der Waals surface area contributed by atoms with Crippen LogP contribution in [-0.4, -0.2) is 91.1 Å². The van der Waals surface area contributed by atoms with Gasteiger partial charge in [-0.15, -0.1) is 0 Å². The fraction of sp³-hybridized carbons (Fsp3) is 0.550. The van der Waals surface area contributed by atoms with Crippen LogP contribution in [0.1, 0.15) is 38.3 Å². The number of hydrogen-bond acceptors (Lipinski definition) is 9. The number of rotatable bonds is 16. The molecular formula is C20H31N7O9. The van der Waals surface area contributed by atoms with Crippen LogP contribution in [0.5, 0.6) is 0 Å². The molecule has 11 N–H and O–H groups in total. The summed E-state index contributed by atoms with van der Waals surface area (Å²) in [6.45, 7) is 1.18. The van der Waals surface area contributed by atoms with E-state index in [1.165, 1.54) is 19.4 Å². The Morgan fingerprint density at radius 1 is 0.972 bits per heavy atom. The highest BCUT2D eigenvalue weighted by Crippen LogP contribution is 2.05. The van der Waals surface area contributed by atoms with Gasteiger partial charge >= 0.3 is 11.9 Å². The third kappa shape index (κ3) is 10.5. The van der Waals surface area contributed by atoms with Gasteiger partial charge in [-0.1, -0.05) is 0 Å². The molecule has 0 aliphatic carbocycles. The van der Waals surface area contributed by atoms with E-state index in [0.717, 1.165) is 0 Å². The molecule has 0 saturated carbocycles. The van der Waals surface area contributed by atoms with Crippen LogP contribution >= 0.6 is 0 Å². The smallest absolute Gasteiger partial charge is 0.326 e. The minimum atomic E-state index is -1.60. The molecule has 1 heterocycles. The zero-order chi connectivity index (χ0) is 27.4. The number of imidazole rings is 1. The van der Waals surface area contributed by atoms with E-state index in [2.05, 4.69) is 25.9 Å². The summed E-state index contributed by atoms with van der Waals surface area (Å²) in [6.07, 6.45) is -0.246. The van der Waals surface area contributed by atoms with Gasteiger partial charge in [-0.3, -0.25) is 24.0 Å². The monoisotopic (exact) mass is 513 g/mol. The number of aromatic nitrogens is 2. The number of carboxylic acids is 2. The zero-order valence-electron chi connectivity index (χ0n) is 19.5. The molecule has 0 fully saturated rings. The number of carbonyl (C=O) groups is 6. The fourth-order valence-corrected chi connectivity index (χ4v) is 2.98. The van der Waals surface area contributed by atoms with Gasteiger partial charge in [0.15, 0.2) is 0 Å². The van der Waals surface area contributed by atoms with Crippen molar-refractivity contribution in [1.29, 1.82) is 0 Å². The second-order valence-corrected chi connectivity index (χ2v) is 8.01. The number of aliphatic hydroxyl groups excluding tert-OH is 1. The summed E-state index contributed by atoms with van der Waals surface area (Å²) < 4.78 is 0. The lowest BCUT2D eigenvalue weighted by Gasteiger charge is -2.26. The Balaban J connectivity index is 2.96. The second-order valence-electron chi connectivity index (χ2n) is 8.01. The van der Waals surface area contributed by atoms with Crippen molar-refractivity contribution in [2.75, 3.05) is 0 Å². The minimum absolute atomic E-state index is 0.119. The first-order chi connectivity index (χ1) is 16.8. The molecule has 0 spiro atoms. The lowest BCUT2D eigenvalue weighted by Crippen LogP contribution is -2.60. The molecule has 5 atom stereocenters. The van der Waals surface area contributed by atoms with E-state index in [-0.39, 0.29) is 19.3 Å². The SMILES string of the molecule is CC(O)C(NC(=O)C(N)CCC(N)=O)C(=O)NC(CCC(=O)O)C(=O)NC(Cc1cnc[nH]1)C(=O)O. The molecule has 1 aromatic heterocycles. The number of nitrogens with two attached hydrogens (primary N) is 2. The van der Waals surface area contributed by atoms with Crippen LogP contribution in [0.3, 0.4) is 0 Å². The molecule has 0 aromatic carbocycles. The van der Waals surface area contributed by atoms with Crippen LogP contribution in [0.15, 0.2) is 12.5 Å². The number of carbonyl (C=O) groups excluding carboxylic acids is 4. The van der Waals surface area contributed by atoms with E-state index >= 15 is 0 Å². The Labute approximate surface area is 205 Å². The van der Waals surface area contributed by atoms with Gasteiger partial charge in [-0.2, -0.15) is 0 Å². The number of aliphatic carboxylic acids is 2. The Kier molecular flexibility index (Phi) is 12.0. The molecular weight excluding hydrogens is 482 g/mol. The van der Waals surface area contributed by atoms with Crippen molar-refractivity contribution in [2.24, 2.45) is 11.5 Å². The van der Waals surface area contributed by atoms with Crippen molar-refractivity contribution in [3.8, 4) is 0 Å². The van der Waals surface area contributed by atoms with Gasteiger partial charge in [-0.05, 0) is 19.8 Å². The van der Waals surface area contributed by atoms with Crippen LogP contribution in [0, 0.1) is 0 Å². The largest absolute Gasteiger partial charge is 0.481 e. The van der Waals surface area contributed by atoms with Crippen molar-refractivity contribution in [1.82, 2.24) is 25.9 Å². The van der Waals surface area contributed by atoms with Gasteiger partial charge in [0.05, 0.1) is 18.5 Å². The maximum atomic E-state index is 12.8. The molecule has 0 saturated heterocycles. The summed E-state index contributed by atoms with van der Waals surface area (Å²) in [7, 11) is 0. The predicted molar refractivity (Wildman–Crippen MR) is 121 cm³/mol. The number of aromatic amines is 1. The van der Waals surface area contributed by atoms with Gasteiger partial charge in [0.25, 0.3) is 0 Å². The van der Waals surface area contributed by atoms with E-state index in [1.54, 1.807) is 0 Å². The van der Waals surface area contributed by atoms with Crippen molar-refractivity contribution >= 4 is 35.6 Å². The fourth-order valence-electron chi connectivity index (χ4n) is 2.98. The highest BCUT2D eigenvalue weighted by atomic mass is 16.4. The van der Waals surface area contributed by atoms with Gasteiger partial charge in [0.2, 0.25) is 23.6 Å². The molecule has 36 heavy (non-hydrogen) atoms. The molecule has 16 heteroatoms. The van der Waals surface area contributed by atoms with Crippen molar-refractivity contribution < 1.29 is 44.1 Å². The normalized spacial score (nSPS) is 15.0. The average molecular weight is 514 g/mol. The summed E-state index contributed by atoms with van der Waals surface area (Å²) in [5, 5.41) is 35.1. The molecule has 0 aliphatic rings. The van der Waals surface area contributed by atoms with Crippen LogP contribution in [0.4, 0.5) is 0 Å². The summed E-state index contributed by atoms with van der Waals surface area (Å²) in [6, 6.07) is -5.77. The first kappa shape index (κ1) is 30.0. The number of carboxylic acid groups (broad SMARTS) is 2. The maximum absolute atomic E-state index is 12.8. The third-order valence-corrected chi connectivity index (χ3v) is 4.97. The van der Waals surface area contributed by atoms with E-state index in [0.29, 0.717) is 5.69 Å².